The van der Waals surface area contributed by atoms with E-state index in [0.717, 1.165) is 59.1 Å². The SMILES string of the molecule is COC(=O)N[C@H](C(=O)N1CC(C2CC2)=C[C@@H]1c1nc2ccc(C#Cc3ccc(-c4cnc([C@@H]5CCCN5C(=O)[C@@H](NC(=O)OC)C(C)C)[nH]4)cc3)cc2[nH]1)C(C)C. The van der Waals surface area contributed by atoms with E-state index in [9.17, 15) is 19.2 Å². The lowest BCUT2D eigenvalue weighted by molar-refractivity contribution is -0.136. The van der Waals surface area contributed by atoms with Crippen LogP contribution in [0, 0.1) is 29.6 Å². The molecular formula is C43H50N8O6. The molecule has 4 N–H and O–H groups in total. The molecule has 2 aromatic heterocycles. The number of alkyl carbamates (subject to hydrolysis) is 2. The molecule has 0 bridgehead atoms. The highest BCUT2D eigenvalue weighted by atomic mass is 16.5. The van der Waals surface area contributed by atoms with Crippen molar-refractivity contribution in [3.05, 3.63) is 83.1 Å². The van der Waals surface area contributed by atoms with E-state index in [-0.39, 0.29) is 35.7 Å². The molecule has 2 aromatic carbocycles. The van der Waals surface area contributed by atoms with E-state index in [0.29, 0.717) is 30.7 Å². The summed E-state index contributed by atoms with van der Waals surface area (Å²) in [5, 5.41) is 5.41. The van der Waals surface area contributed by atoms with Crippen molar-refractivity contribution in [3.8, 4) is 23.1 Å². The molecule has 1 aliphatic carbocycles. The number of nitrogens with one attached hydrogen (secondary N) is 4. The van der Waals surface area contributed by atoms with Crippen LogP contribution in [-0.4, -0.2) is 93.1 Å². The first-order chi connectivity index (χ1) is 27.4. The van der Waals surface area contributed by atoms with Gasteiger partial charge in [-0.3, -0.25) is 9.59 Å². The van der Waals surface area contributed by atoms with Crippen molar-refractivity contribution in [3.63, 3.8) is 0 Å². The van der Waals surface area contributed by atoms with Crippen molar-refractivity contribution in [1.29, 1.82) is 0 Å². The van der Waals surface area contributed by atoms with Crippen molar-refractivity contribution in [2.45, 2.75) is 77.5 Å². The molecule has 4 heterocycles. The standard InChI is InChI=1S/C43H50N8O6/c1-24(2)36(48-42(54)56-5)40(52)50-19-7-8-34(50)38-44-22-33(47-38)29-14-11-26(12-15-29)9-10-27-13-18-31-32(20-27)46-39(45-31)35-21-30(28-16-17-28)23-51(35)41(53)37(25(3)4)49-43(55)57-6/h11-15,18,20-22,24-25,28,34-37H,7-8,16-17,19,23H2,1-6H3,(H,44,47)(H,45,46)(H,48,54)(H,49,55)/t34-,35+,36-,37-/m0/s1. The molecule has 0 radical (unpaired) electrons. The number of hydrogen-bond donors (Lipinski definition) is 4. The summed E-state index contributed by atoms with van der Waals surface area (Å²) in [6.45, 7) is 8.69. The molecule has 298 valence electrons. The van der Waals surface area contributed by atoms with Gasteiger partial charge in [0.2, 0.25) is 11.8 Å². The van der Waals surface area contributed by atoms with E-state index in [1.807, 2.05) is 70.2 Å². The maximum Gasteiger partial charge on any atom is 0.407 e. The molecule has 4 amide bonds. The second-order valence-electron chi connectivity index (χ2n) is 15.7. The van der Waals surface area contributed by atoms with E-state index in [4.69, 9.17) is 14.5 Å². The van der Waals surface area contributed by atoms with E-state index < -0.39 is 24.3 Å². The van der Waals surface area contributed by atoms with Crippen molar-refractivity contribution in [2.75, 3.05) is 27.3 Å². The van der Waals surface area contributed by atoms with Crippen LogP contribution < -0.4 is 10.6 Å². The third kappa shape index (κ3) is 8.52. The number of amides is 4. The van der Waals surface area contributed by atoms with Crippen LogP contribution in [0.3, 0.4) is 0 Å². The fraction of sp³-hybridized carbons (Fsp3) is 0.442. The second kappa shape index (κ2) is 16.6. The lowest BCUT2D eigenvalue weighted by Crippen LogP contribution is -2.51. The number of carbonyl (C=O) groups is 4. The summed E-state index contributed by atoms with van der Waals surface area (Å²) in [4.78, 5) is 71.5. The molecule has 2 fully saturated rings. The van der Waals surface area contributed by atoms with Crippen LogP contribution in [0.15, 0.2) is 60.3 Å². The number of likely N-dealkylation sites (tertiary alicyclic amines) is 1. The summed E-state index contributed by atoms with van der Waals surface area (Å²) in [5.74, 6) is 7.82. The number of ether oxygens (including phenoxy) is 2. The Morgan fingerprint density at radius 1 is 0.807 bits per heavy atom. The van der Waals surface area contributed by atoms with Crippen LogP contribution in [0.1, 0.15) is 88.2 Å². The zero-order valence-electron chi connectivity index (χ0n) is 33.2. The molecule has 4 atom stereocenters. The smallest absolute Gasteiger partial charge is 0.407 e. The van der Waals surface area contributed by atoms with Crippen molar-refractivity contribution in [2.24, 2.45) is 17.8 Å². The second-order valence-corrected chi connectivity index (χ2v) is 15.7. The molecule has 7 rings (SSSR count). The van der Waals surface area contributed by atoms with Crippen LogP contribution in [0.5, 0.6) is 0 Å². The van der Waals surface area contributed by atoms with Gasteiger partial charge in [-0.2, -0.15) is 0 Å². The Labute approximate surface area is 332 Å². The molecule has 14 heteroatoms. The molecule has 2 aliphatic heterocycles. The molecule has 14 nitrogen and oxygen atoms in total. The lowest BCUT2D eigenvalue weighted by Gasteiger charge is -2.30. The average Bonchev–Trinajstić information content (AvgIpc) is 3.59. The Balaban J connectivity index is 1.04. The maximum absolute atomic E-state index is 13.9. The van der Waals surface area contributed by atoms with E-state index >= 15 is 0 Å². The third-order valence-corrected chi connectivity index (χ3v) is 11.0. The maximum atomic E-state index is 13.9. The van der Waals surface area contributed by atoms with Gasteiger partial charge in [0.05, 0.1) is 43.2 Å². The van der Waals surface area contributed by atoms with Gasteiger partial charge in [0.15, 0.2) is 0 Å². The van der Waals surface area contributed by atoms with Gasteiger partial charge in [-0.05, 0) is 84.9 Å². The summed E-state index contributed by atoms with van der Waals surface area (Å²) in [7, 11) is 2.58. The number of methoxy groups -OCH3 is 2. The molecule has 1 saturated heterocycles. The quantitative estimate of drug-likeness (QED) is 0.112. The highest BCUT2D eigenvalue weighted by Gasteiger charge is 2.41. The number of H-pyrrole nitrogens is 2. The largest absolute Gasteiger partial charge is 0.453 e. The topological polar surface area (TPSA) is 175 Å². The fourth-order valence-corrected chi connectivity index (χ4v) is 7.65. The third-order valence-electron chi connectivity index (χ3n) is 11.0. The van der Waals surface area contributed by atoms with Gasteiger partial charge in [-0.15, -0.1) is 0 Å². The molecule has 3 aliphatic rings. The van der Waals surface area contributed by atoms with Crippen molar-refractivity contribution >= 4 is 35.0 Å². The van der Waals surface area contributed by atoms with Crippen molar-refractivity contribution in [1.82, 2.24) is 40.4 Å². The Hall–Kier alpha value is -6.10. The van der Waals surface area contributed by atoms with Crippen LogP contribution in [-0.2, 0) is 19.1 Å². The number of rotatable bonds is 10. The van der Waals surface area contributed by atoms with Gasteiger partial charge in [-0.1, -0.05) is 57.7 Å². The van der Waals surface area contributed by atoms with Crippen LogP contribution in [0.2, 0.25) is 0 Å². The summed E-state index contributed by atoms with van der Waals surface area (Å²) in [6, 6.07) is 11.7. The number of aromatic amines is 2. The number of imidazole rings is 2. The molecule has 0 spiro atoms. The number of hydrogen-bond acceptors (Lipinski definition) is 8. The minimum absolute atomic E-state index is 0.111. The molecule has 1 saturated carbocycles. The summed E-state index contributed by atoms with van der Waals surface area (Å²) >= 11 is 0. The Kier molecular flexibility index (Phi) is 11.4. The van der Waals surface area contributed by atoms with Crippen molar-refractivity contribution < 1.29 is 28.7 Å². The molecule has 4 aromatic rings. The van der Waals surface area contributed by atoms with E-state index in [2.05, 4.69) is 43.5 Å². The highest BCUT2D eigenvalue weighted by Crippen LogP contribution is 2.43. The van der Waals surface area contributed by atoms with Gasteiger partial charge in [0, 0.05) is 24.2 Å². The molecule has 57 heavy (non-hydrogen) atoms. The number of aromatic nitrogens is 4. The Morgan fingerprint density at radius 3 is 2.07 bits per heavy atom. The average molecular weight is 775 g/mol. The van der Waals surface area contributed by atoms with Gasteiger partial charge >= 0.3 is 12.2 Å². The zero-order chi connectivity index (χ0) is 40.4. The monoisotopic (exact) mass is 774 g/mol. The van der Waals surface area contributed by atoms with Gasteiger partial charge in [-0.25, -0.2) is 19.6 Å². The lowest BCUT2D eigenvalue weighted by atomic mass is 10.0. The van der Waals surface area contributed by atoms with Gasteiger partial charge < -0.3 is 39.9 Å². The number of benzene rings is 2. The first-order valence-electron chi connectivity index (χ1n) is 19.6. The summed E-state index contributed by atoms with van der Waals surface area (Å²) in [6.07, 6.45) is 6.51. The Morgan fingerprint density at radius 2 is 1.44 bits per heavy atom. The first-order valence-corrected chi connectivity index (χ1v) is 19.6. The highest BCUT2D eigenvalue weighted by molar-refractivity contribution is 5.88. The molecular weight excluding hydrogens is 725 g/mol. The predicted molar refractivity (Wildman–Crippen MR) is 213 cm³/mol. The first kappa shape index (κ1) is 39.1. The van der Waals surface area contributed by atoms with Crippen LogP contribution >= 0.6 is 0 Å². The Bertz CT molecular complexity index is 2240. The fourth-order valence-electron chi connectivity index (χ4n) is 7.65. The minimum atomic E-state index is -0.730. The predicted octanol–water partition coefficient (Wildman–Crippen LogP) is 6.00. The van der Waals surface area contributed by atoms with Gasteiger partial charge in [0.1, 0.15) is 29.8 Å². The van der Waals surface area contributed by atoms with Crippen LogP contribution in [0.25, 0.3) is 22.3 Å². The molecule has 0 unspecified atom stereocenters. The van der Waals surface area contributed by atoms with Gasteiger partial charge in [0.25, 0.3) is 0 Å². The van der Waals surface area contributed by atoms with E-state index in [1.54, 1.807) is 16.0 Å². The minimum Gasteiger partial charge on any atom is -0.453 e. The number of carbonyl (C=O) groups excluding carboxylic acids is 4. The normalized spacial score (nSPS) is 18.9. The number of nitrogens with zero attached hydrogens (tertiary/aromatic N) is 4. The zero-order valence-corrected chi connectivity index (χ0v) is 33.2. The summed E-state index contributed by atoms with van der Waals surface area (Å²) < 4.78 is 9.56. The number of fused-ring (bicyclic) bond motifs is 1. The summed E-state index contributed by atoms with van der Waals surface area (Å²) in [5.41, 5.74) is 6.25. The van der Waals surface area contributed by atoms with Crippen LogP contribution in [0.4, 0.5) is 9.59 Å². The van der Waals surface area contributed by atoms with E-state index in [1.165, 1.54) is 19.8 Å².